The third kappa shape index (κ3) is 5.74. The van der Waals surface area contributed by atoms with Crippen LogP contribution in [-0.2, 0) is 10.0 Å². The number of hydrogen-bond acceptors (Lipinski definition) is 5. The fourth-order valence-electron chi connectivity index (χ4n) is 4.18. The maximum Gasteiger partial charge on any atom is 0.255 e. The Balaban J connectivity index is 1.68. The summed E-state index contributed by atoms with van der Waals surface area (Å²) in [5.74, 6) is 0.623. The van der Waals surface area contributed by atoms with E-state index in [9.17, 15) is 13.2 Å². The molecule has 0 spiro atoms. The van der Waals surface area contributed by atoms with E-state index in [2.05, 4.69) is 17.1 Å². The number of rotatable bonds is 7. The van der Waals surface area contributed by atoms with Crippen LogP contribution >= 0.6 is 0 Å². The van der Waals surface area contributed by atoms with Gasteiger partial charge in [-0.3, -0.25) is 4.79 Å². The van der Waals surface area contributed by atoms with Crippen molar-refractivity contribution in [3.63, 3.8) is 0 Å². The number of likely N-dealkylation sites (tertiary alicyclic amines) is 1. The topological polar surface area (TPSA) is 79.0 Å². The van der Waals surface area contributed by atoms with Crippen LogP contribution in [0.1, 0.15) is 55.8 Å². The molecule has 1 N–H and O–H groups in total. The van der Waals surface area contributed by atoms with Gasteiger partial charge in [0.25, 0.3) is 5.91 Å². The van der Waals surface area contributed by atoms with E-state index in [0.717, 1.165) is 32.5 Å². The molecule has 8 heteroatoms. The van der Waals surface area contributed by atoms with Crippen molar-refractivity contribution < 1.29 is 17.9 Å². The monoisotopic (exact) mass is 437 g/mol. The molecule has 2 saturated heterocycles. The molecule has 168 valence electrons. The van der Waals surface area contributed by atoms with Crippen LogP contribution in [0.3, 0.4) is 0 Å². The average molecular weight is 438 g/mol. The summed E-state index contributed by atoms with van der Waals surface area (Å²) in [4.78, 5) is 15.3. The molecule has 30 heavy (non-hydrogen) atoms. The largest absolute Gasteiger partial charge is 0.496 e. The second kappa shape index (κ2) is 10.6. The van der Waals surface area contributed by atoms with Gasteiger partial charge in [-0.15, -0.1) is 0 Å². The van der Waals surface area contributed by atoms with Crippen molar-refractivity contribution >= 4 is 15.9 Å². The van der Waals surface area contributed by atoms with Gasteiger partial charge in [-0.05, 0) is 62.9 Å². The van der Waals surface area contributed by atoms with Crippen molar-refractivity contribution in [2.45, 2.75) is 50.3 Å². The summed E-state index contributed by atoms with van der Waals surface area (Å²) in [6.07, 6.45) is 6.68. The van der Waals surface area contributed by atoms with Crippen LogP contribution in [0.15, 0.2) is 23.1 Å². The first-order chi connectivity index (χ1) is 14.4. The summed E-state index contributed by atoms with van der Waals surface area (Å²) in [6, 6.07) is 4.55. The van der Waals surface area contributed by atoms with Gasteiger partial charge in [-0.2, -0.15) is 4.31 Å². The molecule has 0 saturated carbocycles. The molecule has 0 atom stereocenters. The molecule has 2 aliphatic rings. The van der Waals surface area contributed by atoms with E-state index in [1.807, 2.05) is 0 Å². The van der Waals surface area contributed by atoms with Gasteiger partial charge in [-0.25, -0.2) is 8.42 Å². The van der Waals surface area contributed by atoms with E-state index >= 15 is 0 Å². The molecule has 2 aliphatic heterocycles. The number of nitrogens with zero attached hydrogens (tertiary/aromatic N) is 2. The Morgan fingerprint density at radius 2 is 1.77 bits per heavy atom. The SMILES string of the molecule is COc1ccc(S(=O)(=O)N2CCC(C)CC2)cc1C(=O)NCCN1CCCCCC1. The van der Waals surface area contributed by atoms with Crippen LogP contribution in [0, 0.1) is 5.92 Å². The highest BCUT2D eigenvalue weighted by molar-refractivity contribution is 7.89. The molecular weight excluding hydrogens is 402 g/mol. The van der Waals surface area contributed by atoms with Crippen LogP contribution in [0.25, 0.3) is 0 Å². The molecule has 3 rings (SSSR count). The summed E-state index contributed by atoms with van der Waals surface area (Å²) in [7, 11) is -2.13. The molecule has 0 unspecified atom stereocenters. The molecular formula is C22H35N3O4S. The minimum atomic E-state index is -3.62. The second-order valence-electron chi connectivity index (χ2n) is 8.46. The van der Waals surface area contributed by atoms with E-state index in [1.54, 1.807) is 6.07 Å². The second-order valence-corrected chi connectivity index (χ2v) is 10.4. The van der Waals surface area contributed by atoms with Gasteiger partial charge in [0.1, 0.15) is 5.75 Å². The van der Waals surface area contributed by atoms with E-state index in [4.69, 9.17) is 4.74 Å². The molecule has 0 aromatic heterocycles. The first-order valence-corrected chi connectivity index (χ1v) is 12.5. The number of amides is 1. The molecule has 0 radical (unpaired) electrons. The van der Waals surface area contributed by atoms with Crippen molar-refractivity contribution in [3.05, 3.63) is 23.8 Å². The number of carbonyl (C=O) groups is 1. The summed E-state index contributed by atoms with van der Waals surface area (Å²) in [6.45, 7) is 6.66. The molecule has 1 aromatic rings. The van der Waals surface area contributed by atoms with Crippen LogP contribution < -0.4 is 10.1 Å². The van der Waals surface area contributed by atoms with Crippen molar-refractivity contribution in [1.29, 1.82) is 0 Å². The lowest BCUT2D eigenvalue weighted by molar-refractivity contribution is 0.0945. The summed E-state index contributed by atoms with van der Waals surface area (Å²) in [5.41, 5.74) is 0.264. The number of ether oxygens (including phenoxy) is 1. The zero-order chi connectivity index (χ0) is 21.6. The lowest BCUT2D eigenvalue weighted by Gasteiger charge is -2.29. The fourth-order valence-corrected chi connectivity index (χ4v) is 5.68. The van der Waals surface area contributed by atoms with Crippen LogP contribution in [0.2, 0.25) is 0 Å². The van der Waals surface area contributed by atoms with Gasteiger partial charge in [0.15, 0.2) is 0 Å². The zero-order valence-corrected chi connectivity index (χ0v) is 19.0. The number of sulfonamides is 1. The molecule has 2 fully saturated rings. The highest BCUT2D eigenvalue weighted by atomic mass is 32.2. The number of methoxy groups -OCH3 is 1. The Bertz CT molecular complexity index is 812. The van der Waals surface area contributed by atoms with Crippen molar-refractivity contribution in [1.82, 2.24) is 14.5 Å². The van der Waals surface area contributed by atoms with Crippen LogP contribution in [0.5, 0.6) is 5.75 Å². The zero-order valence-electron chi connectivity index (χ0n) is 18.2. The number of benzene rings is 1. The molecule has 2 heterocycles. The van der Waals surface area contributed by atoms with E-state index in [-0.39, 0.29) is 16.4 Å². The first-order valence-electron chi connectivity index (χ1n) is 11.1. The molecule has 0 aliphatic carbocycles. The minimum absolute atomic E-state index is 0.149. The lowest BCUT2D eigenvalue weighted by Crippen LogP contribution is -2.38. The Hall–Kier alpha value is -1.64. The summed E-state index contributed by atoms with van der Waals surface area (Å²) in [5, 5.41) is 2.94. The normalized spacial score (nSPS) is 19.9. The third-order valence-electron chi connectivity index (χ3n) is 6.21. The molecule has 7 nitrogen and oxygen atoms in total. The fraction of sp³-hybridized carbons (Fsp3) is 0.682. The Kier molecular flexibility index (Phi) is 8.13. The van der Waals surface area contributed by atoms with Crippen molar-refractivity contribution in [2.24, 2.45) is 5.92 Å². The van der Waals surface area contributed by atoms with Crippen LogP contribution in [-0.4, -0.2) is 69.9 Å². The van der Waals surface area contributed by atoms with Gasteiger partial charge in [-0.1, -0.05) is 19.8 Å². The number of piperidine rings is 1. The minimum Gasteiger partial charge on any atom is -0.496 e. The average Bonchev–Trinajstić information content (AvgIpc) is 3.02. The number of hydrogen-bond donors (Lipinski definition) is 1. The first kappa shape index (κ1) is 23.0. The van der Waals surface area contributed by atoms with Crippen molar-refractivity contribution in [3.8, 4) is 5.75 Å². The maximum atomic E-state index is 13.1. The van der Waals surface area contributed by atoms with Gasteiger partial charge >= 0.3 is 0 Å². The van der Waals surface area contributed by atoms with Crippen LogP contribution in [0.4, 0.5) is 0 Å². The smallest absolute Gasteiger partial charge is 0.255 e. The lowest BCUT2D eigenvalue weighted by atomic mass is 10.0. The summed E-state index contributed by atoms with van der Waals surface area (Å²) < 4.78 is 33.0. The highest BCUT2D eigenvalue weighted by Gasteiger charge is 2.29. The Morgan fingerprint density at radius 3 is 2.40 bits per heavy atom. The Morgan fingerprint density at radius 1 is 1.10 bits per heavy atom. The molecule has 0 bridgehead atoms. The van der Waals surface area contributed by atoms with Gasteiger partial charge in [0.2, 0.25) is 10.0 Å². The number of nitrogens with one attached hydrogen (secondary N) is 1. The van der Waals surface area contributed by atoms with Gasteiger partial charge in [0.05, 0.1) is 17.6 Å². The molecule has 1 amide bonds. The van der Waals surface area contributed by atoms with E-state index in [0.29, 0.717) is 31.3 Å². The van der Waals surface area contributed by atoms with Gasteiger partial charge < -0.3 is 15.0 Å². The summed E-state index contributed by atoms with van der Waals surface area (Å²) >= 11 is 0. The van der Waals surface area contributed by atoms with E-state index in [1.165, 1.54) is 49.2 Å². The quantitative estimate of drug-likeness (QED) is 0.710. The third-order valence-corrected chi connectivity index (χ3v) is 8.10. The predicted octanol–water partition coefficient (Wildman–Crippen LogP) is 2.72. The van der Waals surface area contributed by atoms with Gasteiger partial charge in [0, 0.05) is 26.2 Å². The van der Waals surface area contributed by atoms with Crippen molar-refractivity contribution in [2.75, 3.05) is 46.4 Å². The maximum absolute atomic E-state index is 13.1. The predicted molar refractivity (Wildman–Crippen MR) is 117 cm³/mol. The van der Waals surface area contributed by atoms with E-state index < -0.39 is 10.0 Å². The molecule has 1 aromatic carbocycles. The highest BCUT2D eigenvalue weighted by Crippen LogP contribution is 2.27. The standard InChI is InChI=1S/C22H35N3O4S/c1-18-9-14-25(15-10-18)30(27,28)19-7-8-21(29-2)20(17-19)22(26)23-11-16-24-12-5-3-4-6-13-24/h7-8,17-18H,3-6,9-16H2,1-2H3,(H,23,26). The Labute approximate surface area is 180 Å². The number of carbonyl (C=O) groups excluding carboxylic acids is 1.